The van der Waals surface area contributed by atoms with Gasteiger partial charge in [-0.05, 0) is 61.0 Å². The van der Waals surface area contributed by atoms with Crippen LogP contribution in [0.4, 0.5) is 11.4 Å². The van der Waals surface area contributed by atoms with Crippen molar-refractivity contribution in [3.05, 3.63) is 46.2 Å². The minimum absolute atomic E-state index is 0.0659. The van der Waals surface area contributed by atoms with Crippen LogP contribution in [0, 0.1) is 6.92 Å². The maximum Gasteiger partial charge on any atom is 0.224 e. The van der Waals surface area contributed by atoms with Crippen LogP contribution in [0.25, 0.3) is 0 Å². The highest BCUT2D eigenvalue weighted by molar-refractivity contribution is 7.10. The molecule has 3 rings (SSSR count). The Morgan fingerprint density at radius 2 is 2.12 bits per heavy atom. The first-order chi connectivity index (χ1) is 11.7. The molecule has 1 amide bonds. The SMILES string of the molecule is COC1CCN(c2ccc(NC(=O)CCc3sccc3C)cc2)C1. The summed E-state index contributed by atoms with van der Waals surface area (Å²) in [6.45, 7) is 4.04. The van der Waals surface area contributed by atoms with Crippen LogP contribution in [0.1, 0.15) is 23.3 Å². The molecule has 0 saturated carbocycles. The third-order valence-corrected chi connectivity index (χ3v) is 5.62. The molecule has 4 nitrogen and oxygen atoms in total. The van der Waals surface area contributed by atoms with Crippen molar-refractivity contribution < 1.29 is 9.53 Å². The maximum atomic E-state index is 12.1. The highest BCUT2D eigenvalue weighted by Crippen LogP contribution is 2.23. The largest absolute Gasteiger partial charge is 0.380 e. The number of benzene rings is 1. The van der Waals surface area contributed by atoms with Crippen molar-refractivity contribution in [2.45, 2.75) is 32.3 Å². The molecule has 1 aromatic carbocycles. The topological polar surface area (TPSA) is 41.6 Å². The zero-order valence-corrected chi connectivity index (χ0v) is 15.1. The molecule has 5 heteroatoms. The Hall–Kier alpha value is -1.85. The molecule has 0 aliphatic carbocycles. The number of ether oxygens (including phenoxy) is 1. The molecule has 2 aromatic rings. The van der Waals surface area contributed by atoms with Gasteiger partial charge in [-0.15, -0.1) is 11.3 Å². The van der Waals surface area contributed by atoms with Gasteiger partial charge >= 0.3 is 0 Å². The van der Waals surface area contributed by atoms with E-state index in [1.807, 2.05) is 12.1 Å². The number of nitrogens with one attached hydrogen (secondary N) is 1. The van der Waals surface area contributed by atoms with Crippen LogP contribution < -0.4 is 10.2 Å². The highest BCUT2D eigenvalue weighted by Gasteiger charge is 2.22. The molecular formula is C19H24N2O2S. The first-order valence-corrected chi connectivity index (χ1v) is 9.24. The fourth-order valence-corrected chi connectivity index (χ4v) is 3.93. The smallest absolute Gasteiger partial charge is 0.224 e. The van der Waals surface area contributed by atoms with Crippen molar-refractivity contribution in [2.24, 2.45) is 0 Å². The number of carbonyl (C=O) groups is 1. The molecule has 1 aromatic heterocycles. The number of methoxy groups -OCH3 is 1. The number of nitrogens with zero attached hydrogens (tertiary/aromatic N) is 1. The van der Waals surface area contributed by atoms with Crippen molar-refractivity contribution in [3.8, 4) is 0 Å². The van der Waals surface area contributed by atoms with Crippen LogP contribution in [0.5, 0.6) is 0 Å². The lowest BCUT2D eigenvalue weighted by Crippen LogP contribution is -2.22. The standard InChI is InChI=1S/C19H24N2O2S/c1-14-10-12-24-18(14)7-8-19(22)20-15-3-5-16(6-4-15)21-11-9-17(13-21)23-2/h3-6,10,12,17H,7-9,11,13H2,1-2H3,(H,20,22). The van der Waals surface area contributed by atoms with Crippen LogP contribution >= 0.6 is 11.3 Å². The summed E-state index contributed by atoms with van der Waals surface area (Å²) < 4.78 is 5.41. The minimum Gasteiger partial charge on any atom is -0.380 e. The molecule has 128 valence electrons. The van der Waals surface area contributed by atoms with E-state index in [9.17, 15) is 4.79 Å². The molecule has 2 heterocycles. The quantitative estimate of drug-likeness (QED) is 0.865. The third kappa shape index (κ3) is 4.16. The van der Waals surface area contributed by atoms with Gasteiger partial charge in [-0.25, -0.2) is 0 Å². The van der Waals surface area contributed by atoms with E-state index in [-0.39, 0.29) is 5.91 Å². The molecule has 1 saturated heterocycles. The summed E-state index contributed by atoms with van der Waals surface area (Å²) in [5.41, 5.74) is 3.31. The van der Waals surface area contributed by atoms with Gasteiger partial charge < -0.3 is 15.0 Å². The predicted molar refractivity (Wildman–Crippen MR) is 100 cm³/mol. The summed E-state index contributed by atoms with van der Waals surface area (Å²) in [7, 11) is 1.77. The fraction of sp³-hybridized carbons (Fsp3) is 0.421. The van der Waals surface area contributed by atoms with Crippen molar-refractivity contribution in [3.63, 3.8) is 0 Å². The number of rotatable bonds is 6. The van der Waals surface area contributed by atoms with Crippen molar-refractivity contribution in [1.29, 1.82) is 0 Å². The van der Waals surface area contributed by atoms with Gasteiger partial charge in [0.25, 0.3) is 0 Å². The van der Waals surface area contributed by atoms with Gasteiger partial charge in [0.2, 0.25) is 5.91 Å². The number of aryl methyl sites for hydroxylation is 2. The Labute approximate surface area is 147 Å². The normalized spacial score (nSPS) is 17.2. The van der Waals surface area contributed by atoms with Gasteiger partial charge in [0.15, 0.2) is 0 Å². The Morgan fingerprint density at radius 3 is 2.75 bits per heavy atom. The van der Waals surface area contributed by atoms with E-state index in [4.69, 9.17) is 4.74 Å². The summed E-state index contributed by atoms with van der Waals surface area (Å²) in [6, 6.07) is 10.2. The zero-order chi connectivity index (χ0) is 16.9. The van der Waals surface area contributed by atoms with Gasteiger partial charge in [-0.3, -0.25) is 4.79 Å². The summed E-state index contributed by atoms with van der Waals surface area (Å²) >= 11 is 1.72. The maximum absolute atomic E-state index is 12.1. The van der Waals surface area contributed by atoms with Crippen molar-refractivity contribution in [2.75, 3.05) is 30.4 Å². The molecule has 0 radical (unpaired) electrons. The van der Waals surface area contributed by atoms with E-state index in [1.54, 1.807) is 18.4 Å². The first-order valence-electron chi connectivity index (χ1n) is 8.36. The number of hydrogen-bond donors (Lipinski definition) is 1. The Balaban J connectivity index is 1.50. The first kappa shape index (κ1) is 17.0. The van der Waals surface area contributed by atoms with Crippen LogP contribution in [0.15, 0.2) is 35.7 Å². The minimum atomic E-state index is 0.0659. The molecule has 24 heavy (non-hydrogen) atoms. The van der Waals surface area contributed by atoms with Gasteiger partial charge in [0.05, 0.1) is 6.10 Å². The molecule has 1 aliphatic heterocycles. The second kappa shape index (κ2) is 7.81. The highest BCUT2D eigenvalue weighted by atomic mass is 32.1. The van der Waals surface area contributed by atoms with E-state index >= 15 is 0 Å². The van der Waals surface area contributed by atoms with Gasteiger partial charge in [0, 0.05) is 42.9 Å². The number of amides is 1. The van der Waals surface area contributed by atoms with Gasteiger partial charge in [-0.1, -0.05) is 0 Å². The summed E-state index contributed by atoms with van der Waals surface area (Å²) in [5.74, 6) is 0.0659. The molecule has 1 atom stereocenters. The van der Waals surface area contributed by atoms with Crippen LogP contribution in [-0.2, 0) is 16.0 Å². The third-order valence-electron chi connectivity index (χ3n) is 4.54. The average molecular weight is 344 g/mol. The summed E-state index contributed by atoms with van der Waals surface area (Å²) in [4.78, 5) is 15.7. The Morgan fingerprint density at radius 1 is 1.33 bits per heavy atom. The predicted octanol–water partition coefficient (Wildman–Crippen LogP) is 3.85. The zero-order valence-electron chi connectivity index (χ0n) is 14.2. The van der Waals surface area contributed by atoms with Crippen LogP contribution in [-0.4, -0.2) is 32.2 Å². The lowest BCUT2D eigenvalue weighted by atomic mass is 10.2. The number of hydrogen-bond acceptors (Lipinski definition) is 4. The average Bonchev–Trinajstić information content (AvgIpc) is 3.22. The van der Waals surface area contributed by atoms with Gasteiger partial charge in [-0.2, -0.15) is 0 Å². The Kier molecular flexibility index (Phi) is 5.53. The van der Waals surface area contributed by atoms with Crippen LogP contribution in [0.2, 0.25) is 0 Å². The summed E-state index contributed by atoms with van der Waals surface area (Å²) in [6.07, 6.45) is 2.71. The van der Waals surface area contributed by atoms with E-state index < -0.39 is 0 Å². The molecule has 1 unspecified atom stereocenters. The molecule has 0 bridgehead atoms. The van der Waals surface area contributed by atoms with Gasteiger partial charge in [0.1, 0.15) is 0 Å². The molecule has 1 N–H and O–H groups in total. The van der Waals surface area contributed by atoms with Crippen molar-refractivity contribution in [1.82, 2.24) is 0 Å². The molecule has 0 spiro atoms. The van der Waals surface area contributed by atoms with E-state index in [1.165, 1.54) is 16.1 Å². The fourth-order valence-electron chi connectivity index (χ4n) is 3.02. The van der Waals surface area contributed by atoms with Crippen LogP contribution in [0.3, 0.4) is 0 Å². The molecular weight excluding hydrogens is 320 g/mol. The number of anilines is 2. The molecule has 1 fully saturated rings. The van der Waals surface area contributed by atoms with E-state index in [0.717, 1.165) is 31.6 Å². The number of thiophene rings is 1. The molecule has 1 aliphatic rings. The lowest BCUT2D eigenvalue weighted by molar-refractivity contribution is -0.116. The van der Waals surface area contributed by atoms with E-state index in [2.05, 4.69) is 40.7 Å². The monoisotopic (exact) mass is 344 g/mol. The van der Waals surface area contributed by atoms with E-state index in [0.29, 0.717) is 12.5 Å². The summed E-state index contributed by atoms with van der Waals surface area (Å²) in [5, 5.41) is 5.06. The second-order valence-electron chi connectivity index (χ2n) is 6.21. The second-order valence-corrected chi connectivity index (χ2v) is 7.21. The number of carbonyl (C=O) groups excluding carboxylic acids is 1. The van der Waals surface area contributed by atoms with Crippen molar-refractivity contribution >= 4 is 28.6 Å². The lowest BCUT2D eigenvalue weighted by Gasteiger charge is -2.18. The Bertz CT molecular complexity index is 681.